The summed E-state index contributed by atoms with van der Waals surface area (Å²) < 4.78 is 5.37. The van der Waals surface area contributed by atoms with E-state index in [4.69, 9.17) is 22.1 Å². The Labute approximate surface area is 156 Å². The number of carbonyl (C=O) groups excluding carboxylic acids is 1. The molecule has 2 aromatic rings. The second-order valence-corrected chi connectivity index (χ2v) is 7.91. The molecule has 3 N–H and O–H groups in total. The van der Waals surface area contributed by atoms with Gasteiger partial charge in [-0.15, -0.1) is 11.3 Å². The lowest BCUT2D eigenvalue weighted by atomic mass is 9.79. The number of anilines is 1. The van der Waals surface area contributed by atoms with E-state index in [0.717, 1.165) is 27.6 Å². The molecule has 0 aliphatic carbocycles. The number of hydrogen-bond acceptors (Lipinski definition) is 5. The number of aromatic nitrogens is 1. The van der Waals surface area contributed by atoms with Gasteiger partial charge in [0.2, 0.25) is 5.91 Å². The summed E-state index contributed by atoms with van der Waals surface area (Å²) in [6, 6.07) is 7.78. The van der Waals surface area contributed by atoms with Crippen LogP contribution in [-0.2, 0) is 16.0 Å². The number of benzene rings is 1. The number of carbonyl (C=O) groups is 1. The van der Waals surface area contributed by atoms with Gasteiger partial charge in [-0.1, -0.05) is 23.7 Å². The maximum Gasteiger partial charge on any atom is 0.233 e. The minimum atomic E-state index is -0.551. The van der Waals surface area contributed by atoms with Crippen molar-refractivity contribution in [3.63, 3.8) is 0 Å². The molecular formula is C18H22ClN3O2S. The molecule has 1 saturated heterocycles. The normalized spacial score (nSPS) is 16.6. The van der Waals surface area contributed by atoms with Crippen LogP contribution in [-0.4, -0.2) is 30.6 Å². The molecule has 0 bridgehead atoms. The molecule has 7 heteroatoms. The summed E-state index contributed by atoms with van der Waals surface area (Å²) in [7, 11) is 0. The van der Waals surface area contributed by atoms with Crippen LogP contribution in [0.15, 0.2) is 24.3 Å². The number of nitrogens with zero attached hydrogens (tertiary/aromatic N) is 1. The Hall–Kier alpha value is -1.47. The molecule has 1 aliphatic heterocycles. The second kappa shape index (κ2) is 7.83. The monoisotopic (exact) mass is 379 g/mol. The molecule has 2 heterocycles. The number of ether oxygens (including phenoxy) is 1. The van der Waals surface area contributed by atoms with Crippen molar-refractivity contribution in [3.8, 4) is 0 Å². The zero-order chi connectivity index (χ0) is 17.9. The molecule has 1 amide bonds. The van der Waals surface area contributed by atoms with E-state index < -0.39 is 5.41 Å². The minimum Gasteiger partial charge on any atom is -0.381 e. The van der Waals surface area contributed by atoms with Gasteiger partial charge in [0.1, 0.15) is 0 Å². The quantitative estimate of drug-likeness (QED) is 0.834. The molecule has 3 rings (SSSR count). The second-order valence-electron chi connectivity index (χ2n) is 6.39. The Kier molecular flexibility index (Phi) is 5.74. The van der Waals surface area contributed by atoms with Gasteiger partial charge in [0.25, 0.3) is 0 Å². The number of hydrogen-bond donors (Lipinski definition) is 2. The van der Waals surface area contributed by atoms with Crippen molar-refractivity contribution in [1.82, 2.24) is 4.98 Å². The first kappa shape index (κ1) is 18.3. The van der Waals surface area contributed by atoms with Gasteiger partial charge in [0.05, 0.1) is 11.1 Å². The molecule has 1 aliphatic rings. The highest BCUT2D eigenvalue weighted by Crippen LogP contribution is 2.32. The van der Waals surface area contributed by atoms with Gasteiger partial charge in [0, 0.05) is 36.1 Å². The number of aryl methyl sites for hydroxylation is 1. The van der Waals surface area contributed by atoms with Crippen LogP contribution in [0.25, 0.3) is 0 Å². The average molecular weight is 380 g/mol. The third-order valence-corrected chi connectivity index (χ3v) is 6.00. The zero-order valence-electron chi connectivity index (χ0n) is 14.2. The number of thiazole rings is 1. The van der Waals surface area contributed by atoms with Crippen molar-refractivity contribution >= 4 is 34.0 Å². The minimum absolute atomic E-state index is 0.0543. The van der Waals surface area contributed by atoms with Crippen LogP contribution in [0.3, 0.4) is 0 Å². The molecule has 0 saturated carbocycles. The lowest BCUT2D eigenvalue weighted by Crippen LogP contribution is -2.46. The predicted molar refractivity (Wildman–Crippen MR) is 101 cm³/mol. The van der Waals surface area contributed by atoms with Crippen molar-refractivity contribution in [2.75, 3.05) is 25.1 Å². The largest absolute Gasteiger partial charge is 0.381 e. The van der Waals surface area contributed by atoms with Crippen LogP contribution >= 0.6 is 22.9 Å². The molecule has 0 radical (unpaired) electrons. The Morgan fingerprint density at radius 1 is 1.44 bits per heavy atom. The summed E-state index contributed by atoms with van der Waals surface area (Å²) in [6.07, 6.45) is 2.04. The van der Waals surface area contributed by atoms with E-state index in [0.29, 0.717) is 37.7 Å². The van der Waals surface area contributed by atoms with Gasteiger partial charge >= 0.3 is 0 Å². The maximum absolute atomic E-state index is 12.7. The Morgan fingerprint density at radius 3 is 2.88 bits per heavy atom. The smallest absolute Gasteiger partial charge is 0.233 e. The van der Waals surface area contributed by atoms with Gasteiger partial charge in [-0.25, -0.2) is 4.98 Å². The Balaban J connectivity index is 1.72. The van der Waals surface area contributed by atoms with E-state index in [1.165, 1.54) is 11.3 Å². The molecule has 25 heavy (non-hydrogen) atoms. The first-order valence-corrected chi connectivity index (χ1v) is 9.52. The van der Waals surface area contributed by atoms with E-state index in [9.17, 15) is 4.79 Å². The summed E-state index contributed by atoms with van der Waals surface area (Å²) in [5.41, 5.74) is 7.40. The van der Waals surface area contributed by atoms with Gasteiger partial charge < -0.3 is 15.8 Å². The van der Waals surface area contributed by atoms with Crippen molar-refractivity contribution in [3.05, 3.63) is 45.4 Å². The van der Waals surface area contributed by atoms with E-state index >= 15 is 0 Å². The SMILES string of the molecule is Cc1nc(NC(=O)C2(CN)CCOCC2)sc1Cc1cccc(Cl)c1. The molecule has 0 atom stereocenters. The molecule has 0 spiro atoms. The summed E-state index contributed by atoms with van der Waals surface area (Å²) in [6.45, 7) is 3.42. The first-order valence-electron chi connectivity index (χ1n) is 8.32. The Morgan fingerprint density at radius 2 is 2.20 bits per heavy atom. The lowest BCUT2D eigenvalue weighted by Gasteiger charge is -2.34. The van der Waals surface area contributed by atoms with E-state index in [-0.39, 0.29) is 5.91 Å². The number of nitrogens with one attached hydrogen (secondary N) is 1. The van der Waals surface area contributed by atoms with Crippen LogP contribution in [0.1, 0.15) is 29.0 Å². The van der Waals surface area contributed by atoms with Crippen molar-refractivity contribution in [2.45, 2.75) is 26.2 Å². The van der Waals surface area contributed by atoms with Crippen molar-refractivity contribution < 1.29 is 9.53 Å². The highest BCUT2D eigenvalue weighted by atomic mass is 35.5. The molecule has 1 aromatic carbocycles. The fraction of sp³-hybridized carbons (Fsp3) is 0.444. The average Bonchev–Trinajstić information content (AvgIpc) is 2.94. The Bertz CT molecular complexity index is 757. The van der Waals surface area contributed by atoms with Gasteiger partial charge in [-0.2, -0.15) is 0 Å². The molecule has 0 unspecified atom stereocenters. The van der Waals surface area contributed by atoms with E-state index in [2.05, 4.69) is 10.3 Å². The summed E-state index contributed by atoms with van der Waals surface area (Å²) in [5.74, 6) is -0.0543. The van der Waals surface area contributed by atoms with Gasteiger partial charge in [-0.05, 0) is 37.5 Å². The number of amides is 1. The lowest BCUT2D eigenvalue weighted by molar-refractivity contribution is -0.130. The number of halogens is 1. The van der Waals surface area contributed by atoms with Crippen molar-refractivity contribution in [2.24, 2.45) is 11.1 Å². The fourth-order valence-electron chi connectivity index (χ4n) is 2.99. The number of rotatable bonds is 5. The highest BCUT2D eigenvalue weighted by molar-refractivity contribution is 7.15. The van der Waals surface area contributed by atoms with E-state index in [1.54, 1.807) is 0 Å². The van der Waals surface area contributed by atoms with Gasteiger partial charge in [-0.3, -0.25) is 4.79 Å². The third kappa shape index (κ3) is 4.20. The molecule has 134 valence electrons. The van der Waals surface area contributed by atoms with Crippen LogP contribution < -0.4 is 11.1 Å². The molecule has 1 fully saturated rings. The van der Waals surface area contributed by atoms with Crippen LogP contribution in [0, 0.1) is 12.3 Å². The standard InChI is InChI=1S/C18H22ClN3O2S/c1-12-15(10-13-3-2-4-14(19)9-13)25-17(21-12)22-16(23)18(11-20)5-7-24-8-6-18/h2-4,9H,5-8,10-11,20H2,1H3,(H,21,22,23). The number of nitrogens with two attached hydrogens (primary N) is 1. The zero-order valence-corrected chi connectivity index (χ0v) is 15.8. The summed E-state index contributed by atoms with van der Waals surface area (Å²) in [4.78, 5) is 18.4. The van der Waals surface area contributed by atoms with Crippen LogP contribution in [0.5, 0.6) is 0 Å². The van der Waals surface area contributed by atoms with Crippen LogP contribution in [0.2, 0.25) is 5.02 Å². The highest BCUT2D eigenvalue weighted by Gasteiger charge is 2.39. The van der Waals surface area contributed by atoms with Gasteiger partial charge in [0.15, 0.2) is 5.13 Å². The predicted octanol–water partition coefficient (Wildman–Crippen LogP) is 3.39. The molecular weight excluding hydrogens is 358 g/mol. The summed E-state index contributed by atoms with van der Waals surface area (Å²) >= 11 is 7.55. The topological polar surface area (TPSA) is 77.2 Å². The summed E-state index contributed by atoms with van der Waals surface area (Å²) in [5, 5.41) is 4.31. The fourth-order valence-corrected chi connectivity index (χ4v) is 4.20. The maximum atomic E-state index is 12.7. The third-order valence-electron chi connectivity index (χ3n) is 4.69. The first-order chi connectivity index (χ1) is 12.0. The van der Waals surface area contributed by atoms with Crippen LogP contribution in [0.4, 0.5) is 5.13 Å². The molecule has 5 nitrogen and oxygen atoms in total. The van der Waals surface area contributed by atoms with Crippen molar-refractivity contribution in [1.29, 1.82) is 0 Å². The molecule has 1 aromatic heterocycles. The van der Waals surface area contributed by atoms with E-state index in [1.807, 2.05) is 31.2 Å².